The first-order chi connectivity index (χ1) is 10.8. The second-order valence-electron chi connectivity index (χ2n) is 5.04. The molecule has 0 bridgehead atoms. The van der Waals surface area contributed by atoms with Crippen LogP contribution in [0.2, 0.25) is 0 Å². The lowest BCUT2D eigenvalue weighted by atomic mass is 10.1. The molecule has 0 saturated heterocycles. The molecule has 0 radical (unpaired) electrons. The van der Waals surface area contributed by atoms with Gasteiger partial charge in [-0.15, -0.1) is 10.2 Å². The molecule has 0 atom stereocenters. The van der Waals surface area contributed by atoms with Crippen LogP contribution in [0.15, 0.2) is 52.4 Å². The minimum Gasteiger partial charge on any atom is -0.416 e. The van der Waals surface area contributed by atoms with Gasteiger partial charge in [0, 0.05) is 25.9 Å². The van der Waals surface area contributed by atoms with Crippen LogP contribution in [0.3, 0.4) is 0 Å². The molecule has 0 spiro atoms. The van der Waals surface area contributed by atoms with Gasteiger partial charge < -0.3 is 8.98 Å². The van der Waals surface area contributed by atoms with Crippen LogP contribution in [0.1, 0.15) is 23.7 Å². The largest absolute Gasteiger partial charge is 0.416 e. The van der Waals surface area contributed by atoms with Crippen LogP contribution >= 0.6 is 11.8 Å². The average Bonchev–Trinajstić information content (AvgIpc) is 3.15. The number of benzene rings is 1. The van der Waals surface area contributed by atoms with E-state index in [1.807, 2.05) is 23.9 Å². The zero-order chi connectivity index (χ0) is 15.2. The van der Waals surface area contributed by atoms with Gasteiger partial charge in [0.2, 0.25) is 5.89 Å². The quantitative estimate of drug-likeness (QED) is 0.626. The molecule has 0 fully saturated rings. The third-order valence-corrected chi connectivity index (χ3v) is 4.21. The van der Waals surface area contributed by atoms with E-state index in [-0.39, 0.29) is 0 Å². The van der Waals surface area contributed by atoms with Gasteiger partial charge in [-0.1, -0.05) is 42.1 Å². The Balaban J connectivity index is 1.46. The van der Waals surface area contributed by atoms with E-state index in [0.29, 0.717) is 11.1 Å². The predicted molar refractivity (Wildman–Crippen MR) is 85.5 cm³/mol. The van der Waals surface area contributed by atoms with Crippen molar-refractivity contribution in [3.8, 4) is 0 Å². The molecule has 1 aromatic carbocycles. The van der Waals surface area contributed by atoms with Gasteiger partial charge in [-0.25, -0.2) is 4.98 Å². The molecular weight excluding hydrogens is 296 g/mol. The Hall–Kier alpha value is -2.08. The number of aryl methyl sites for hydroxylation is 3. The smallest absolute Gasteiger partial charge is 0.277 e. The number of hydrogen-bond donors (Lipinski definition) is 0. The van der Waals surface area contributed by atoms with E-state index in [4.69, 9.17) is 4.42 Å². The summed E-state index contributed by atoms with van der Waals surface area (Å²) in [6.45, 7) is 0. The van der Waals surface area contributed by atoms with Crippen LogP contribution in [0.4, 0.5) is 0 Å². The van der Waals surface area contributed by atoms with Gasteiger partial charge in [0.05, 0.1) is 5.75 Å². The van der Waals surface area contributed by atoms with E-state index in [2.05, 4.69) is 39.4 Å². The molecule has 114 valence electrons. The van der Waals surface area contributed by atoms with Crippen LogP contribution in [0.5, 0.6) is 0 Å². The number of rotatable bonds is 7. The Morgan fingerprint density at radius 1 is 1.14 bits per heavy atom. The first-order valence-electron chi connectivity index (χ1n) is 7.26. The van der Waals surface area contributed by atoms with E-state index >= 15 is 0 Å². The Labute approximate surface area is 133 Å². The van der Waals surface area contributed by atoms with Crippen LogP contribution in [-0.4, -0.2) is 19.7 Å². The molecule has 0 aliphatic rings. The highest BCUT2D eigenvalue weighted by Gasteiger charge is 2.08. The maximum atomic E-state index is 5.66. The molecule has 0 aliphatic heterocycles. The summed E-state index contributed by atoms with van der Waals surface area (Å²) in [6.07, 6.45) is 6.57. The maximum Gasteiger partial charge on any atom is 0.277 e. The van der Waals surface area contributed by atoms with E-state index < -0.39 is 0 Å². The fraction of sp³-hybridized carbons (Fsp3) is 0.312. The van der Waals surface area contributed by atoms with Gasteiger partial charge in [0.15, 0.2) is 0 Å². The van der Waals surface area contributed by atoms with Gasteiger partial charge in [-0.05, 0) is 18.4 Å². The number of nitrogens with zero attached hydrogens (tertiary/aromatic N) is 4. The van der Waals surface area contributed by atoms with Crippen molar-refractivity contribution in [2.45, 2.75) is 30.2 Å². The minimum absolute atomic E-state index is 0.609. The summed E-state index contributed by atoms with van der Waals surface area (Å²) in [4.78, 5) is 4.27. The summed E-state index contributed by atoms with van der Waals surface area (Å²) in [5, 5.41) is 8.79. The van der Waals surface area contributed by atoms with Crippen LogP contribution in [-0.2, 0) is 25.6 Å². The van der Waals surface area contributed by atoms with E-state index in [1.54, 1.807) is 6.20 Å². The van der Waals surface area contributed by atoms with Gasteiger partial charge in [-0.2, -0.15) is 0 Å². The summed E-state index contributed by atoms with van der Waals surface area (Å²) < 4.78 is 7.65. The summed E-state index contributed by atoms with van der Waals surface area (Å²) in [5.74, 6) is 2.43. The Bertz CT molecular complexity index is 708. The predicted octanol–water partition coefficient (Wildman–Crippen LogP) is 3.27. The normalized spacial score (nSPS) is 11.0. The molecule has 0 saturated carbocycles. The molecule has 2 aromatic heterocycles. The summed E-state index contributed by atoms with van der Waals surface area (Å²) in [5.41, 5.74) is 1.34. The molecule has 22 heavy (non-hydrogen) atoms. The van der Waals surface area contributed by atoms with E-state index in [1.165, 1.54) is 17.3 Å². The second kappa shape index (κ2) is 7.26. The molecule has 6 heteroatoms. The first kappa shape index (κ1) is 14.8. The van der Waals surface area contributed by atoms with Crippen molar-refractivity contribution in [1.29, 1.82) is 0 Å². The summed E-state index contributed by atoms with van der Waals surface area (Å²) >= 11 is 1.52. The van der Waals surface area contributed by atoms with Gasteiger partial charge >= 0.3 is 0 Å². The number of hydrogen-bond acceptors (Lipinski definition) is 5. The van der Waals surface area contributed by atoms with Crippen molar-refractivity contribution >= 4 is 11.8 Å². The molecule has 0 N–H and O–H groups in total. The van der Waals surface area contributed by atoms with Crippen molar-refractivity contribution in [2.24, 2.45) is 7.05 Å². The fourth-order valence-corrected chi connectivity index (χ4v) is 2.93. The zero-order valence-electron chi connectivity index (χ0n) is 12.5. The summed E-state index contributed by atoms with van der Waals surface area (Å²) in [7, 11) is 1.98. The van der Waals surface area contributed by atoms with Crippen molar-refractivity contribution in [1.82, 2.24) is 19.7 Å². The third kappa shape index (κ3) is 3.98. The highest BCUT2D eigenvalue weighted by molar-refractivity contribution is 7.98. The summed E-state index contributed by atoms with van der Waals surface area (Å²) in [6, 6.07) is 10.4. The number of thioether (sulfide) groups is 1. The van der Waals surface area contributed by atoms with Crippen molar-refractivity contribution in [2.75, 3.05) is 0 Å². The lowest BCUT2D eigenvalue weighted by molar-refractivity contribution is 0.409. The van der Waals surface area contributed by atoms with Gasteiger partial charge in [0.25, 0.3) is 5.22 Å². The van der Waals surface area contributed by atoms with Crippen LogP contribution in [0.25, 0.3) is 0 Å². The topological polar surface area (TPSA) is 56.7 Å². The van der Waals surface area contributed by atoms with E-state index in [0.717, 1.165) is 30.8 Å². The standard InChI is InChI=1S/C16H18N4OS/c1-20-11-10-17-14(20)12-22-16-19-18-15(21-16)9-5-8-13-6-3-2-4-7-13/h2-4,6-7,10-11H,5,8-9,12H2,1H3. The second-order valence-corrected chi connectivity index (χ2v) is 5.97. The number of aromatic nitrogens is 4. The van der Waals surface area contributed by atoms with E-state index in [9.17, 15) is 0 Å². The Morgan fingerprint density at radius 2 is 2.00 bits per heavy atom. The monoisotopic (exact) mass is 314 g/mol. The molecular formula is C16H18N4OS. The third-order valence-electron chi connectivity index (χ3n) is 3.39. The number of imidazole rings is 1. The van der Waals surface area contributed by atoms with Crippen LogP contribution in [0, 0.1) is 0 Å². The molecule has 3 rings (SSSR count). The van der Waals surface area contributed by atoms with Crippen molar-refractivity contribution in [3.63, 3.8) is 0 Å². The highest BCUT2D eigenvalue weighted by Crippen LogP contribution is 2.21. The SMILES string of the molecule is Cn1ccnc1CSc1nnc(CCCc2ccccc2)o1. The Kier molecular flexibility index (Phi) is 4.90. The molecule has 0 unspecified atom stereocenters. The van der Waals surface area contributed by atoms with Crippen LogP contribution < -0.4 is 0 Å². The Morgan fingerprint density at radius 3 is 2.77 bits per heavy atom. The van der Waals surface area contributed by atoms with Crippen molar-refractivity contribution in [3.05, 3.63) is 60.0 Å². The molecule has 5 nitrogen and oxygen atoms in total. The highest BCUT2D eigenvalue weighted by atomic mass is 32.2. The zero-order valence-corrected chi connectivity index (χ0v) is 13.3. The minimum atomic E-state index is 0.609. The lowest BCUT2D eigenvalue weighted by Crippen LogP contribution is -1.94. The molecule has 3 aromatic rings. The molecule has 2 heterocycles. The first-order valence-corrected chi connectivity index (χ1v) is 8.25. The lowest BCUT2D eigenvalue weighted by Gasteiger charge is -1.99. The average molecular weight is 314 g/mol. The molecule has 0 amide bonds. The van der Waals surface area contributed by atoms with Gasteiger partial charge in [0.1, 0.15) is 5.82 Å². The molecule has 0 aliphatic carbocycles. The van der Waals surface area contributed by atoms with Gasteiger partial charge in [-0.3, -0.25) is 0 Å². The maximum absolute atomic E-state index is 5.66. The van der Waals surface area contributed by atoms with Crippen molar-refractivity contribution < 1.29 is 4.42 Å². The fourth-order valence-electron chi connectivity index (χ4n) is 2.15.